The van der Waals surface area contributed by atoms with Crippen LogP contribution >= 0.6 is 0 Å². The number of nitrogens with two attached hydrogens (primary N) is 1. The maximum Gasteiger partial charge on any atom is 0.248 e. The predicted molar refractivity (Wildman–Crippen MR) is 104 cm³/mol. The first-order valence-corrected chi connectivity index (χ1v) is 9.50. The lowest BCUT2D eigenvalue weighted by Gasteiger charge is -2.41. The Kier molecular flexibility index (Phi) is 5.24. The van der Waals surface area contributed by atoms with Gasteiger partial charge in [-0.15, -0.1) is 0 Å². The number of aromatic nitrogens is 1. The highest BCUT2D eigenvalue weighted by Crippen LogP contribution is 2.34. The van der Waals surface area contributed by atoms with Crippen LogP contribution in [0.4, 0.5) is 5.82 Å². The van der Waals surface area contributed by atoms with Gasteiger partial charge in [0.05, 0.1) is 5.56 Å². The number of rotatable bonds is 5. The number of nitriles is 1. The average Bonchev–Trinajstić information content (AvgIpc) is 3.01. The van der Waals surface area contributed by atoms with Crippen LogP contribution in [-0.2, 0) is 9.53 Å². The first kappa shape index (κ1) is 18.4. The lowest BCUT2D eigenvalue weighted by molar-refractivity contribution is -0.139. The van der Waals surface area contributed by atoms with Crippen molar-refractivity contribution < 1.29 is 9.53 Å². The lowest BCUT2D eigenvalue weighted by Crippen LogP contribution is -2.56. The maximum atomic E-state index is 12.7. The largest absolute Gasteiger partial charge is 0.349 e. The van der Waals surface area contributed by atoms with E-state index in [1.165, 1.54) is 0 Å². The zero-order chi connectivity index (χ0) is 19.5. The van der Waals surface area contributed by atoms with E-state index in [-0.39, 0.29) is 24.6 Å². The van der Waals surface area contributed by atoms with Crippen molar-refractivity contribution in [3.8, 4) is 6.07 Å². The summed E-state index contributed by atoms with van der Waals surface area (Å²) in [5, 5.41) is 8.94. The molecule has 28 heavy (non-hydrogen) atoms. The molecular formula is C21H23N5O2. The van der Waals surface area contributed by atoms with Gasteiger partial charge in [0.15, 0.2) is 0 Å². The van der Waals surface area contributed by atoms with Crippen LogP contribution < -0.4 is 10.6 Å². The van der Waals surface area contributed by atoms with E-state index in [4.69, 9.17) is 15.7 Å². The highest BCUT2D eigenvalue weighted by molar-refractivity contribution is 5.78. The fraction of sp³-hybridized carbons (Fsp3) is 0.381. The molecule has 1 amide bonds. The number of pyridine rings is 1. The number of ether oxygens (including phenoxy) is 1. The fourth-order valence-electron chi connectivity index (χ4n) is 4.08. The molecular weight excluding hydrogens is 354 g/mol. The Hall–Kier alpha value is -2.95. The number of anilines is 1. The van der Waals surface area contributed by atoms with E-state index in [2.05, 4.69) is 16.0 Å². The highest BCUT2D eigenvalue weighted by Gasteiger charge is 2.41. The summed E-state index contributed by atoms with van der Waals surface area (Å²) in [5.41, 5.74) is 7.44. The van der Waals surface area contributed by atoms with Crippen molar-refractivity contribution in [3.63, 3.8) is 0 Å². The van der Waals surface area contributed by atoms with Gasteiger partial charge in [-0.05, 0) is 30.5 Å². The number of carbonyl (C=O) groups is 1. The predicted octanol–water partition coefficient (Wildman–Crippen LogP) is 1.81. The Labute approximate surface area is 164 Å². The molecule has 2 N–H and O–H groups in total. The normalized spacial score (nSPS) is 22.0. The van der Waals surface area contributed by atoms with E-state index in [0.717, 1.165) is 24.2 Å². The van der Waals surface area contributed by atoms with Gasteiger partial charge in [0.2, 0.25) is 5.91 Å². The molecule has 2 aliphatic heterocycles. The van der Waals surface area contributed by atoms with Crippen LogP contribution in [0.1, 0.15) is 30.2 Å². The summed E-state index contributed by atoms with van der Waals surface area (Å²) in [6, 6.07) is 15.7. The molecule has 2 unspecified atom stereocenters. The standard InChI is InChI=1S/C21H23N5O2/c22-10-15-6-9-19(24-11-15)26-17-7-8-18(26)13-25(12-17)20(27)14-28-21(23)16-4-2-1-3-5-16/h1-6,9,11,17-18,21H,7-8,12-14,23H2/t17?,18?,21-/m0/s1. The zero-order valence-corrected chi connectivity index (χ0v) is 15.6. The molecule has 7 nitrogen and oxygen atoms in total. The Bertz CT molecular complexity index is 851. The Balaban J connectivity index is 1.36. The van der Waals surface area contributed by atoms with E-state index in [1.807, 2.05) is 41.3 Å². The molecule has 0 aliphatic carbocycles. The minimum Gasteiger partial charge on any atom is -0.349 e. The number of piperazine rings is 1. The minimum absolute atomic E-state index is 0.0232. The quantitative estimate of drug-likeness (QED) is 0.799. The van der Waals surface area contributed by atoms with Gasteiger partial charge >= 0.3 is 0 Å². The molecule has 1 aromatic carbocycles. The maximum absolute atomic E-state index is 12.7. The molecule has 144 valence electrons. The molecule has 4 rings (SSSR count). The van der Waals surface area contributed by atoms with Gasteiger partial charge in [0.1, 0.15) is 24.7 Å². The van der Waals surface area contributed by atoms with Crippen LogP contribution in [0.25, 0.3) is 0 Å². The monoisotopic (exact) mass is 377 g/mol. The van der Waals surface area contributed by atoms with Crippen molar-refractivity contribution >= 4 is 11.7 Å². The third-order valence-corrected chi connectivity index (χ3v) is 5.49. The van der Waals surface area contributed by atoms with E-state index < -0.39 is 6.23 Å². The fourth-order valence-corrected chi connectivity index (χ4v) is 4.08. The van der Waals surface area contributed by atoms with E-state index in [1.54, 1.807) is 12.3 Å². The summed E-state index contributed by atoms with van der Waals surface area (Å²) in [6.07, 6.45) is 3.05. The number of benzene rings is 1. The van der Waals surface area contributed by atoms with Gasteiger partial charge in [-0.1, -0.05) is 30.3 Å². The highest BCUT2D eigenvalue weighted by atomic mass is 16.5. The molecule has 2 aromatic rings. The van der Waals surface area contributed by atoms with Gasteiger partial charge in [0.25, 0.3) is 0 Å². The Morgan fingerprint density at radius 3 is 2.54 bits per heavy atom. The van der Waals surface area contributed by atoms with E-state index in [9.17, 15) is 4.79 Å². The molecule has 0 spiro atoms. The Morgan fingerprint density at radius 1 is 1.21 bits per heavy atom. The summed E-state index contributed by atoms with van der Waals surface area (Å²) >= 11 is 0. The lowest BCUT2D eigenvalue weighted by atomic mass is 10.1. The molecule has 2 fully saturated rings. The molecule has 2 saturated heterocycles. The van der Waals surface area contributed by atoms with Crippen LogP contribution in [0.15, 0.2) is 48.7 Å². The molecule has 2 bridgehead atoms. The summed E-state index contributed by atoms with van der Waals surface area (Å²) < 4.78 is 5.60. The van der Waals surface area contributed by atoms with Gasteiger partial charge < -0.3 is 20.3 Å². The zero-order valence-electron chi connectivity index (χ0n) is 15.6. The SMILES string of the molecule is N#Cc1ccc(N2C3CCC2CN(C(=O)CO[C@H](N)c2ccccc2)C3)nc1. The molecule has 3 heterocycles. The van der Waals surface area contributed by atoms with Crippen molar-refractivity contribution in [2.45, 2.75) is 31.2 Å². The van der Waals surface area contributed by atoms with Crippen LogP contribution in [0.2, 0.25) is 0 Å². The smallest absolute Gasteiger partial charge is 0.248 e. The number of hydrogen-bond acceptors (Lipinski definition) is 6. The second-order valence-electron chi connectivity index (χ2n) is 7.25. The van der Waals surface area contributed by atoms with Gasteiger partial charge in [0, 0.05) is 31.4 Å². The molecule has 0 radical (unpaired) electrons. The molecule has 3 atom stereocenters. The summed E-state index contributed by atoms with van der Waals surface area (Å²) in [5.74, 6) is 0.844. The molecule has 2 aliphatic rings. The van der Waals surface area contributed by atoms with Gasteiger partial charge in [-0.2, -0.15) is 5.26 Å². The number of likely N-dealkylation sites (tertiary alicyclic amines) is 1. The van der Waals surface area contributed by atoms with Gasteiger partial charge in [-0.25, -0.2) is 4.98 Å². The van der Waals surface area contributed by atoms with Crippen molar-refractivity contribution in [2.75, 3.05) is 24.6 Å². The van der Waals surface area contributed by atoms with Crippen LogP contribution in [0.5, 0.6) is 0 Å². The van der Waals surface area contributed by atoms with E-state index in [0.29, 0.717) is 18.7 Å². The number of fused-ring (bicyclic) bond motifs is 2. The van der Waals surface area contributed by atoms with Crippen molar-refractivity contribution in [1.29, 1.82) is 5.26 Å². The summed E-state index contributed by atoms with van der Waals surface area (Å²) in [6.45, 7) is 1.28. The van der Waals surface area contributed by atoms with Crippen molar-refractivity contribution in [2.24, 2.45) is 5.73 Å². The molecule has 0 saturated carbocycles. The second-order valence-corrected chi connectivity index (χ2v) is 7.25. The second kappa shape index (κ2) is 7.97. The van der Waals surface area contributed by atoms with Gasteiger partial charge in [-0.3, -0.25) is 4.79 Å². The summed E-state index contributed by atoms with van der Waals surface area (Å²) in [4.78, 5) is 21.3. The number of amides is 1. The van der Waals surface area contributed by atoms with Crippen LogP contribution in [0.3, 0.4) is 0 Å². The van der Waals surface area contributed by atoms with Crippen molar-refractivity contribution in [3.05, 3.63) is 59.8 Å². The first-order valence-electron chi connectivity index (χ1n) is 9.50. The molecule has 7 heteroatoms. The first-order chi connectivity index (χ1) is 13.7. The summed E-state index contributed by atoms with van der Waals surface area (Å²) in [7, 11) is 0. The number of nitrogens with zero attached hydrogens (tertiary/aromatic N) is 4. The Morgan fingerprint density at radius 2 is 1.93 bits per heavy atom. The number of carbonyl (C=O) groups excluding carboxylic acids is 1. The molecule has 1 aromatic heterocycles. The van der Waals surface area contributed by atoms with E-state index >= 15 is 0 Å². The number of hydrogen-bond donors (Lipinski definition) is 1. The van der Waals surface area contributed by atoms with Crippen molar-refractivity contribution in [1.82, 2.24) is 9.88 Å². The topological polar surface area (TPSA) is 95.5 Å². The minimum atomic E-state index is -0.606. The van der Waals surface area contributed by atoms with Crippen LogP contribution in [-0.4, -0.2) is 47.6 Å². The third-order valence-electron chi connectivity index (χ3n) is 5.49. The average molecular weight is 377 g/mol. The third kappa shape index (κ3) is 3.70. The van der Waals surface area contributed by atoms with Crippen LogP contribution in [0, 0.1) is 11.3 Å².